The van der Waals surface area contributed by atoms with E-state index in [1.54, 1.807) is 6.92 Å². The number of nitrogen functional groups attached to an aromatic ring is 1. The van der Waals surface area contributed by atoms with Crippen LogP contribution in [0.1, 0.15) is 16.1 Å². The van der Waals surface area contributed by atoms with Gasteiger partial charge in [-0.05, 0) is 6.92 Å². The van der Waals surface area contributed by atoms with Crippen molar-refractivity contribution in [2.75, 3.05) is 0 Å². The lowest BCUT2D eigenvalue weighted by molar-refractivity contribution is 0.0952. The van der Waals surface area contributed by atoms with Crippen molar-refractivity contribution in [3.63, 3.8) is 0 Å². The number of nitrogens with two attached hydrogens (primary N) is 1. The van der Waals surface area contributed by atoms with E-state index in [4.69, 9.17) is 5.84 Å². The molecule has 1 rings (SSSR count). The van der Waals surface area contributed by atoms with Gasteiger partial charge in [-0.3, -0.25) is 10.2 Å². The van der Waals surface area contributed by atoms with Crippen LogP contribution in [0.4, 0.5) is 0 Å². The molecule has 10 heavy (non-hydrogen) atoms. The molecule has 1 aromatic rings. The molecule has 0 aromatic carbocycles. The molecule has 0 fully saturated rings. The van der Waals surface area contributed by atoms with Crippen molar-refractivity contribution in [1.82, 2.24) is 10.6 Å². The van der Waals surface area contributed by atoms with Gasteiger partial charge in [-0.25, -0.2) is 5.84 Å². The Kier molecular flexibility index (Phi) is 1.68. The number of hydrazine groups is 1. The Labute approximate surface area is 57.1 Å². The van der Waals surface area contributed by atoms with Crippen molar-refractivity contribution in [2.45, 2.75) is 6.92 Å². The van der Waals surface area contributed by atoms with Crippen molar-refractivity contribution in [3.8, 4) is 0 Å². The fraction of sp³-hybridized carbons (Fsp3) is 0.200. The minimum absolute atomic E-state index is 0.363. The highest BCUT2D eigenvalue weighted by Crippen LogP contribution is 2.03. The smallest absolute Gasteiger partial charge is 0.270 e. The SMILES string of the molecule is Cc1oncc1C(=O)NN. The van der Waals surface area contributed by atoms with Crippen LogP contribution in [0.3, 0.4) is 0 Å². The van der Waals surface area contributed by atoms with Crippen LogP contribution in [0.15, 0.2) is 10.7 Å². The van der Waals surface area contributed by atoms with Gasteiger partial charge in [0.25, 0.3) is 5.91 Å². The number of aryl methyl sites for hydroxylation is 1. The molecule has 0 aliphatic heterocycles. The number of hydrogen-bond donors (Lipinski definition) is 2. The first-order chi connectivity index (χ1) is 4.75. The zero-order valence-corrected chi connectivity index (χ0v) is 5.42. The normalized spacial score (nSPS) is 9.40. The lowest BCUT2D eigenvalue weighted by Gasteiger charge is -1.92. The van der Waals surface area contributed by atoms with Crippen LogP contribution in [0.2, 0.25) is 0 Å². The Bertz CT molecular complexity index is 243. The van der Waals surface area contributed by atoms with E-state index >= 15 is 0 Å². The van der Waals surface area contributed by atoms with Crippen molar-refractivity contribution >= 4 is 5.91 Å². The second-order valence-electron chi connectivity index (χ2n) is 1.77. The molecule has 0 bridgehead atoms. The summed E-state index contributed by atoms with van der Waals surface area (Å²) in [5, 5.41) is 3.40. The summed E-state index contributed by atoms with van der Waals surface area (Å²) in [5.74, 6) is 4.93. The quantitative estimate of drug-likeness (QED) is 0.316. The van der Waals surface area contributed by atoms with Crippen molar-refractivity contribution in [1.29, 1.82) is 0 Å². The highest BCUT2D eigenvalue weighted by Gasteiger charge is 2.09. The van der Waals surface area contributed by atoms with Crippen LogP contribution in [-0.2, 0) is 0 Å². The van der Waals surface area contributed by atoms with Crippen molar-refractivity contribution < 1.29 is 9.32 Å². The third-order valence-corrected chi connectivity index (χ3v) is 1.13. The Morgan fingerprint density at radius 2 is 2.60 bits per heavy atom. The summed E-state index contributed by atoms with van der Waals surface area (Å²) in [6, 6.07) is 0. The molecule has 0 aliphatic rings. The molecule has 1 amide bonds. The predicted molar refractivity (Wildman–Crippen MR) is 32.9 cm³/mol. The fourth-order valence-electron chi connectivity index (χ4n) is 0.594. The van der Waals surface area contributed by atoms with E-state index in [-0.39, 0.29) is 0 Å². The van der Waals surface area contributed by atoms with Crippen molar-refractivity contribution in [3.05, 3.63) is 17.5 Å². The van der Waals surface area contributed by atoms with Crippen LogP contribution < -0.4 is 11.3 Å². The lowest BCUT2D eigenvalue weighted by atomic mass is 10.3. The zero-order chi connectivity index (χ0) is 7.56. The molecule has 5 nitrogen and oxygen atoms in total. The number of rotatable bonds is 1. The van der Waals surface area contributed by atoms with E-state index in [0.717, 1.165) is 0 Å². The highest BCUT2D eigenvalue weighted by molar-refractivity contribution is 5.94. The largest absolute Gasteiger partial charge is 0.361 e. The van der Waals surface area contributed by atoms with Crippen LogP contribution >= 0.6 is 0 Å². The molecule has 0 saturated carbocycles. The fourth-order valence-corrected chi connectivity index (χ4v) is 0.594. The highest BCUT2D eigenvalue weighted by atomic mass is 16.5. The average Bonchev–Trinajstić information content (AvgIpc) is 2.34. The molecule has 0 atom stereocenters. The average molecular weight is 141 g/mol. The summed E-state index contributed by atoms with van der Waals surface area (Å²) < 4.78 is 4.62. The molecule has 3 N–H and O–H groups in total. The molecular formula is C5H7N3O2. The first kappa shape index (κ1) is 6.76. The number of carbonyl (C=O) groups is 1. The molecule has 0 aliphatic carbocycles. The van der Waals surface area contributed by atoms with Gasteiger partial charge in [0.05, 0.1) is 6.20 Å². The molecule has 1 heterocycles. The van der Waals surface area contributed by atoms with Gasteiger partial charge in [-0.2, -0.15) is 0 Å². The van der Waals surface area contributed by atoms with Crippen molar-refractivity contribution in [2.24, 2.45) is 5.84 Å². The first-order valence-corrected chi connectivity index (χ1v) is 2.68. The molecule has 0 radical (unpaired) electrons. The topological polar surface area (TPSA) is 81.2 Å². The lowest BCUT2D eigenvalue weighted by Crippen LogP contribution is -2.30. The van der Waals surface area contributed by atoms with Gasteiger partial charge in [-0.15, -0.1) is 0 Å². The number of nitrogens with one attached hydrogen (secondary N) is 1. The summed E-state index contributed by atoms with van der Waals surface area (Å²) >= 11 is 0. The Morgan fingerprint density at radius 3 is 3.00 bits per heavy atom. The second-order valence-corrected chi connectivity index (χ2v) is 1.77. The van der Waals surface area contributed by atoms with E-state index in [2.05, 4.69) is 9.68 Å². The Morgan fingerprint density at radius 1 is 1.90 bits per heavy atom. The number of nitrogens with zero attached hydrogens (tertiary/aromatic N) is 1. The van der Waals surface area contributed by atoms with E-state index in [1.165, 1.54) is 6.20 Å². The minimum Gasteiger partial charge on any atom is -0.361 e. The number of hydrogen-bond acceptors (Lipinski definition) is 4. The minimum atomic E-state index is -0.390. The third-order valence-electron chi connectivity index (χ3n) is 1.13. The van der Waals surface area contributed by atoms with Crippen LogP contribution in [0.5, 0.6) is 0 Å². The molecule has 0 unspecified atom stereocenters. The summed E-state index contributed by atoms with van der Waals surface area (Å²) in [6.45, 7) is 1.64. The molecular weight excluding hydrogens is 134 g/mol. The molecule has 54 valence electrons. The maximum Gasteiger partial charge on any atom is 0.270 e. The summed E-state index contributed by atoms with van der Waals surface area (Å²) in [6.07, 6.45) is 1.32. The second kappa shape index (κ2) is 2.49. The van der Waals surface area contributed by atoms with E-state index < -0.39 is 5.91 Å². The van der Waals surface area contributed by atoms with Crippen LogP contribution in [0.25, 0.3) is 0 Å². The Hall–Kier alpha value is -1.36. The molecule has 5 heteroatoms. The number of amides is 1. The number of aromatic nitrogens is 1. The van der Waals surface area contributed by atoms with E-state index in [0.29, 0.717) is 11.3 Å². The summed E-state index contributed by atoms with van der Waals surface area (Å²) in [4.78, 5) is 10.8. The summed E-state index contributed by atoms with van der Waals surface area (Å²) in [5.41, 5.74) is 2.33. The molecule has 0 saturated heterocycles. The van der Waals surface area contributed by atoms with Gasteiger partial charge in [0, 0.05) is 0 Å². The maximum atomic E-state index is 10.8. The van der Waals surface area contributed by atoms with Gasteiger partial charge in [0.15, 0.2) is 0 Å². The van der Waals surface area contributed by atoms with E-state index in [1.807, 2.05) is 5.43 Å². The maximum absolute atomic E-state index is 10.8. The van der Waals surface area contributed by atoms with Gasteiger partial charge in [0.1, 0.15) is 11.3 Å². The predicted octanol–water partition coefficient (Wildman–Crippen LogP) is -0.413. The van der Waals surface area contributed by atoms with Gasteiger partial charge < -0.3 is 4.52 Å². The van der Waals surface area contributed by atoms with E-state index in [9.17, 15) is 4.79 Å². The van der Waals surface area contributed by atoms with Crippen LogP contribution in [0, 0.1) is 6.92 Å². The monoisotopic (exact) mass is 141 g/mol. The Balaban J connectivity index is 2.93. The number of carbonyl (C=O) groups excluding carboxylic acids is 1. The summed E-state index contributed by atoms with van der Waals surface area (Å²) in [7, 11) is 0. The third kappa shape index (κ3) is 0.985. The standard InChI is InChI=1S/C5H7N3O2/c1-3-4(2-7-10-3)5(9)8-6/h2H,6H2,1H3,(H,8,9). The first-order valence-electron chi connectivity index (χ1n) is 2.68. The zero-order valence-electron chi connectivity index (χ0n) is 5.42. The molecule has 0 spiro atoms. The van der Waals surface area contributed by atoms with Crippen LogP contribution in [-0.4, -0.2) is 11.1 Å². The van der Waals surface area contributed by atoms with Gasteiger partial charge >= 0.3 is 0 Å². The van der Waals surface area contributed by atoms with Gasteiger partial charge in [-0.1, -0.05) is 5.16 Å². The van der Waals surface area contributed by atoms with Gasteiger partial charge in [0.2, 0.25) is 0 Å². The molecule has 1 aromatic heterocycles.